The monoisotopic (exact) mass is 372 g/mol. The van der Waals surface area contributed by atoms with Crippen LogP contribution in [0.2, 0.25) is 0 Å². The van der Waals surface area contributed by atoms with E-state index in [1.807, 2.05) is 6.21 Å². The molecule has 0 spiro atoms. The summed E-state index contributed by atoms with van der Waals surface area (Å²) < 4.78 is 0. The van der Waals surface area contributed by atoms with Crippen molar-refractivity contribution in [1.82, 2.24) is 0 Å². The number of nitriles is 1. The van der Waals surface area contributed by atoms with Crippen LogP contribution >= 0.6 is 11.3 Å². The van der Waals surface area contributed by atoms with Gasteiger partial charge in [-0.15, -0.1) is 11.3 Å². The Morgan fingerprint density at radius 3 is 2.70 bits per heavy atom. The fourth-order valence-corrected chi connectivity index (χ4v) is 5.23. The smallest absolute Gasteiger partial charge is 0.134 e. The zero-order valence-electron chi connectivity index (χ0n) is 16.1. The van der Waals surface area contributed by atoms with Crippen LogP contribution in [-0.4, -0.2) is 6.21 Å². The van der Waals surface area contributed by atoms with Crippen LogP contribution in [0.5, 0.6) is 0 Å². The van der Waals surface area contributed by atoms with Crippen molar-refractivity contribution in [3.05, 3.63) is 64.0 Å². The number of benzene rings is 2. The summed E-state index contributed by atoms with van der Waals surface area (Å²) in [4.78, 5) is 6.12. The van der Waals surface area contributed by atoms with Gasteiger partial charge >= 0.3 is 0 Å². The van der Waals surface area contributed by atoms with Crippen LogP contribution in [-0.2, 0) is 12.8 Å². The molecule has 1 aromatic heterocycles. The van der Waals surface area contributed by atoms with Crippen molar-refractivity contribution in [2.45, 2.75) is 40.0 Å². The van der Waals surface area contributed by atoms with Crippen LogP contribution in [0.4, 0.5) is 5.00 Å². The Kier molecular flexibility index (Phi) is 4.61. The minimum atomic E-state index is 0.306. The van der Waals surface area contributed by atoms with Crippen molar-refractivity contribution < 1.29 is 0 Å². The molecule has 2 nitrogen and oxygen atoms in total. The zero-order valence-corrected chi connectivity index (χ0v) is 16.9. The quantitative estimate of drug-likeness (QED) is 0.462. The molecule has 3 aromatic rings. The van der Waals surface area contributed by atoms with Crippen molar-refractivity contribution in [3.63, 3.8) is 0 Å². The second kappa shape index (κ2) is 6.94. The van der Waals surface area contributed by atoms with Crippen LogP contribution < -0.4 is 0 Å². The Balaban J connectivity index is 1.70. The molecule has 1 heterocycles. The first kappa shape index (κ1) is 17.9. The summed E-state index contributed by atoms with van der Waals surface area (Å²) in [6.07, 6.45) is 5.15. The van der Waals surface area contributed by atoms with Crippen molar-refractivity contribution in [2.75, 3.05) is 0 Å². The minimum Gasteiger partial charge on any atom is -0.244 e. The molecule has 1 atom stereocenters. The Labute approximate surface area is 165 Å². The van der Waals surface area contributed by atoms with E-state index < -0.39 is 0 Å². The summed E-state index contributed by atoms with van der Waals surface area (Å²) in [5, 5.41) is 13.0. The van der Waals surface area contributed by atoms with Gasteiger partial charge in [0.2, 0.25) is 0 Å². The van der Waals surface area contributed by atoms with E-state index in [0.717, 1.165) is 35.4 Å². The first-order valence-electron chi connectivity index (χ1n) is 9.54. The highest BCUT2D eigenvalue weighted by atomic mass is 32.1. The molecular weight excluding hydrogens is 348 g/mol. The molecule has 0 unspecified atom stereocenters. The Morgan fingerprint density at radius 1 is 1.15 bits per heavy atom. The summed E-state index contributed by atoms with van der Waals surface area (Å²) in [6, 6.07) is 17.0. The number of rotatable bonds is 2. The molecule has 1 aliphatic carbocycles. The fraction of sp³-hybridized carbons (Fsp3) is 0.333. The molecule has 2 aromatic carbocycles. The maximum absolute atomic E-state index is 9.74. The summed E-state index contributed by atoms with van der Waals surface area (Å²) >= 11 is 1.71. The molecule has 0 radical (unpaired) electrons. The predicted octanol–water partition coefficient (Wildman–Crippen LogP) is 6.67. The van der Waals surface area contributed by atoms with E-state index in [1.54, 1.807) is 11.3 Å². The second-order valence-corrected chi connectivity index (χ2v) is 9.51. The van der Waals surface area contributed by atoms with Gasteiger partial charge in [0.15, 0.2) is 0 Å². The van der Waals surface area contributed by atoms with Gasteiger partial charge in [0.05, 0.1) is 5.56 Å². The van der Waals surface area contributed by atoms with E-state index in [0.29, 0.717) is 11.3 Å². The topological polar surface area (TPSA) is 36.1 Å². The van der Waals surface area contributed by atoms with E-state index in [4.69, 9.17) is 4.99 Å². The third kappa shape index (κ3) is 3.42. The SMILES string of the molecule is CC(C)(C)[C@@H]1CCc2c(sc(N=Cc3cccc4ccccc34)c2C#N)C1. The van der Waals surface area contributed by atoms with E-state index in [1.165, 1.54) is 21.2 Å². The van der Waals surface area contributed by atoms with Crippen LogP contribution in [0.25, 0.3) is 10.8 Å². The molecule has 27 heavy (non-hydrogen) atoms. The fourth-order valence-electron chi connectivity index (χ4n) is 4.01. The third-order valence-corrected chi connectivity index (χ3v) is 6.89. The van der Waals surface area contributed by atoms with Gasteiger partial charge < -0.3 is 0 Å². The lowest BCUT2D eigenvalue weighted by molar-refractivity contribution is 0.218. The van der Waals surface area contributed by atoms with Gasteiger partial charge in [-0.3, -0.25) is 0 Å². The second-order valence-electron chi connectivity index (χ2n) is 8.43. The van der Waals surface area contributed by atoms with Gasteiger partial charge in [-0.05, 0) is 46.9 Å². The minimum absolute atomic E-state index is 0.306. The lowest BCUT2D eigenvalue weighted by Crippen LogP contribution is -2.26. The number of fused-ring (bicyclic) bond motifs is 2. The van der Waals surface area contributed by atoms with Crippen LogP contribution in [0.3, 0.4) is 0 Å². The average Bonchev–Trinajstić information content (AvgIpc) is 3.02. The molecule has 0 saturated heterocycles. The van der Waals surface area contributed by atoms with Crippen molar-refractivity contribution in [1.29, 1.82) is 5.26 Å². The van der Waals surface area contributed by atoms with Gasteiger partial charge in [-0.25, -0.2) is 4.99 Å². The summed E-state index contributed by atoms with van der Waals surface area (Å²) in [5.41, 5.74) is 3.43. The molecular formula is C24H24N2S. The van der Waals surface area contributed by atoms with Gasteiger partial charge in [0.1, 0.15) is 11.1 Å². The summed E-state index contributed by atoms with van der Waals surface area (Å²) in [7, 11) is 0. The van der Waals surface area contributed by atoms with Gasteiger partial charge in [0, 0.05) is 16.7 Å². The molecule has 0 amide bonds. The van der Waals surface area contributed by atoms with Crippen molar-refractivity contribution >= 4 is 33.3 Å². The van der Waals surface area contributed by atoms with E-state index >= 15 is 0 Å². The molecule has 4 rings (SSSR count). The van der Waals surface area contributed by atoms with Crippen LogP contribution in [0.15, 0.2) is 47.5 Å². The Hall–Kier alpha value is -2.44. The third-order valence-electron chi connectivity index (χ3n) is 5.73. The van der Waals surface area contributed by atoms with Crippen LogP contribution in [0.1, 0.15) is 48.8 Å². The standard InChI is InChI=1S/C24H24N2S/c1-24(2,3)18-11-12-20-21(14-25)23(27-22(20)13-18)26-15-17-9-6-8-16-7-4-5-10-19(16)17/h4-10,15,18H,11-13H2,1-3H3/t18-/m1/s1. The normalized spacial score (nSPS) is 17.2. The summed E-state index contributed by atoms with van der Waals surface area (Å²) in [5.74, 6) is 0.671. The molecule has 0 aliphatic heterocycles. The molecule has 136 valence electrons. The predicted molar refractivity (Wildman–Crippen MR) is 115 cm³/mol. The highest BCUT2D eigenvalue weighted by Gasteiger charge is 2.32. The van der Waals surface area contributed by atoms with Gasteiger partial charge in [0.25, 0.3) is 0 Å². The van der Waals surface area contributed by atoms with Crippen molar-refractivity contribution in [2.24, 2.45) is 16.3 Å². The van der Waals surface area contributed by atoms with E-state index in [2.05, 4.69) is 69.3 Å². The lowest BCUT2D eigenvalue weighted by atomic mass is 9.72. The molecule has 1 aliphatic rings. The maximum Gasteiger partial charge on any atom is 0.134 e. The molecule has 3 heteroatoms. The largest absolute Gasteiger partial charge is 0.244 e. The number of nitrogens with zero attached hydrogens (tertiary/aromatic N) is 2. The molecule has 0 saturated carbocycles. The average molecular weight is 373 g/mol. The van der Waals surface area contributed by atoms with Crippen LogP contribution in [0, 0.1) is 22.7 Å². The highest BCUT2D eigenvalue weighted by Crippen LogP contribution is 2.44. The number of thiophene rings is 1. The number of hydrogen-bond donors (Lipinski definition) is 0. The lowest BCUT2D eigenvalue weighted by Gasteiger charge is -2.33. The first-order chi connectivity index (χ1) is 13.0. The maximum atomic E-state index is 9.74. The Bertz CT molecular complexity index is 1050. The van der Waals surface area contributed by atoms with E-state index in [-0.39, 0.29) is 0 Å². The molecule has 0 fully saturated rings. The Morgan fingerprint density at radius 2 is 1.93 bits per heavy atom. The zero-order chi connectivity index (χ0) is 19.0. The molecule has 0 N–H and O–H groups in total. The summed E-state index contributed by atoms with van der Waals surface area (Å²) in [6.45, 7) is 6.96. The van der Waals surface area contributed by atoms with E-state index in [9.17, 15) is 5.26 Å². The molecule has 0 bridgehead atoms. The number of hydrogen-bond acceptors (Lipinski definition) is 3. The van der Waals surface area contributed by atoms with Crippen molar-refractivity contribution in [3.8, 4) is 6.07 Å². The first-order valence-corrected chi connectivity index (χ1v) is 10.4. The number of aliphatic imine (C=N–C) groups is 1. The van der Waals surface area contributed by atoms with Gasteiger partial charge in [-0.2, -0.15) is 5.26 Å². The highest BCUT2D eigenvalue weighted by molar-refractivity contribution is 7.16. The van der Waals surface area contributed by atoms with Gasteiger partial charge in [-0.1, -0.05) is 63.2 Å².